The van der Waals surface area contributed by atoms with Gasteiger partial charge in [-0.25, -0.2) is 0 Å². The van der Waals surface area contributed by atoms with E-state index >= 15 is 0 Å². The van der Waals surface area contributed by atoms with E-state index in [4.69, 9.17) is 5.73 Å². The molecule has 2 unspecified atom stereocenters. The van der Waals surface area contributed by atoms with Gasteiger partial charge in [0.25, 0.3) is 0 Å². The van der Waals surface area contributed by atoms with Crippen molar-refractivity contribution in [3.8, 4) is 0 Å². The van der Waals surface area contributed by atoms with Gasteiger partial charge < -0.3 is 5.73 Å². The van der Waals surface area contributed by atoms with E-state index in [-0.39, 0.29) is 0 Å². The van der Waals surface area contributed by atoms with Crippen LogP contribution in [0.1, 0.15) is 26.7 Å². The fourth-order valence-electron chi connectivity index (χ4n) is 2.11. The van der Waals surface area contributed by atoms with Gasteiger partial charge in [-0.15, -0.1) is 0 Å². The largest absolute Gasteiger partial charge is 0.329 e. The molecule has 0 spiro atoms. The van der Waals surface area contributed by atoms with Crippen LogP contribution in [0.4, 0.5) is 0 Å². The van der Waals surface area contributed by atoms with E-state index in [2.05, 4.69) is 37.6 Å². The van der Waals surface area contributed by atoms with Crippen molar-refractivity contribution in [1.82, 2.24) is 4.90 Å². The molecule has 0 saturated carbocycles. The third kappa shape index (κ3) is 3.44. The standard InChI is InChI=1S/C11H24N2S/c1-9(2)6-11(7-12)13(3)10-4-5-14-8-10/h9-11H,4-8,12H2,1-3H3. The van der Waals surface area contributed by atoms with Crippen molar-refractivity contribution < 1.29 is 0 Å². The number of nitrogens with zero attached hydrogens (tertiary/aromatic N) is 1. The van der Waals surface area contributed by atoms with Crippen molar-refractivity contribution in [2.24, 2.45) is 11.7 Å². The molecule has 1 saturated heterocycles. The maximum absolute atomic E-state index is 5.84. The van der Waals surface area contributed by atoms with Crippen LogP contribution in [-0.2, 0) is 0 Å². The van der Waals surface area contributed by atoms with Gasteiger partial charge in [0.2, 0.25) is 0 Å². The summed E-state index contributed by atoms with van der Waals surface area (Å²) in [6.45, 7) is 5.36. The Balaban J connectivity index is 2.41. The highest BCUT2D eigenvalue weighted by Crippen LogP contribution is 2.24. The summed E-state index contributed by atoms with van der Waals surface area (Å²) in [5, 5.41) is 0. The SMILES string of the molecule is CC(C)CC(CN)N(C)C1CCSC1. The Kier molecular flexibility index (Phi) is 5.28. The van der Waals surface area contributed by atoms with Crippen LogP contribution in [0.2, 0.25) is 0 Å². The van der Waals surface area contributed by atoms with E-state index in [9.17, 15) is 0 Å². The summed E-state index contributed by atoms with van der Waals surface area (Å²) < 4.78 is 0. The topological polar surface area (TPSA) is 29.3 Å². The van der Waals surface area contributed by atoms with Gasteiger partial charge in [0.15, 0.2) is 0 Å². The van der Waals surface area contributed by atoms with Gasteiger partial charge >= 0.3 is 0 Å². The summed E-state index contributed by atoms with van der Waals surface area (Å²) in [5.74, 6) is 3.37. The van der Waals surface area contributed by atoms with Crippen LogP contribution < -0.4 is 5.73 Å². The number of hydrogen-bond donors (Lipinski definition) is 1. The zero-order chi connectivity index (χ0) is 10.6. The van der Waals surface area contributed by atoms with Gasteiger partial charge in [-0.3, -0.25) is 4.90 Å². The Labute approximate surface area is 92.6 Å². The molecule has 1 fully saturated rings. The number of nitrogens with two attached hydrogens (primary N) is 1. The quantitative estimate of drug-likeness (QED) is 0.760. The normalized spacial score (nSPS) is 24.9. The van der Waals surface area contributed by atoms with Gasteiger partial charge in [0, 0.05) is 24.4 Å². The molecule has 0 aliphatic carbocycles. The molecule has 0 aromatic heterocycles. The lowest BCUT2D eigenvalue weighted by Crippen LogP contribution is -2.45. The second-order valence-electron chi connectivity index (χ2n) is 4.70. The Morgan fingerprint density at radius 3 is 2.64 bits per heavy atom. The van der Waals surface area contributed by atoms with Crippen molar-refractivity contribution in [2.45, 2.75) is 38.8 Å². The molecule has 0 amide bonds. The minimum atomic E-state index is 0.582. The highest BCUT2D eigenvalue weighted by molar-refractivity contribution is 7.99. The lowest BCUT2D eigenvalue weighted by atomic mass is 10.0. The van der Waals surface area contributed by atoms with Crippen LogP contribution in [0, 0.1) is 5.92 Å². The molecule has 84 valence electrons. The van der Waals surface area contributed by atoms with Crippen LogP contribution in [0.15, 0.2) is 0 Å². The summed E-state index contributed by atoms with van der Waals surface area (Å²) in [5.41, 5.74) is 5.84. The molecule has 0 radical (unpaired) electrons. The predicted octanol–water partition coefficient (Wildman–Crippen LogP) is 1.80. The van der Waals surface area contributed by atoms with E-state index in [1.165, 1.54) is 24.3 Å². The van der Waals surface area contributed by atoms with Gasteiger partial charge in [0.05, 0.1) is 0 Å². The van der Waals surface area contributed by atoms with E-state index in [0.717, 1.165) is 18.5 Å². The second kappa shape index (κ2) is 5.99. The Morgan fingerprint density at radius 1 is 1.50 bits per heavy atom. The molecule has 1 rings (SSSR count). The van der Waals surface area contributed by atoms with E-state index in [1.807, 2.05) is 0 Å². The molecule has 1 heterocycles. The molecule has 1 aliphatic heterocycles. The number of rotatable bonds is 5. The van der Waals surface area contributed by atoms with E-state index in [1.54, 1.807) is 0 Å². The van der Waals surface area contributed by atoms with Gasteiger partial charge in [-0.1, -0.05) is 13.8 Å². The van der Waals surface area contributed by atoms with Gasteiger partial charge in [-0.2, -0.15) is 11.8 Å². The first-order valence-electron chi connectivity index (χ1n) is 5.65. The van der Waals surface area contributed by atoms with E-state index in [0.29, 0.717) is 6.04 Å². The molecule has 0 aromatic carbocycles. The Morgan fingerprint density at radius 2 is 2.21 bits per heavy atom. The molecule has 1 aliphatic rings. The number of hydrogen-bond acceptors (Lipinski definition) is 3. The van der Waals surface area contributed by atoms with Crippen LogP contribution >= 0.6 is 11.8 Å². The highest BCUT2D eigenvalue weighted by atomic mass is 32.2. The third-order valence-electron chi connectivity index (χ3n) is 3.07. The second-order valence-corrected chi connectivity index (χ2v) is 5.85. The van der Waals surface area contributed by atoms with Crippen molar-refractivity contribution >= 4 is 11.8 Å². The molecule has 3 heteroatoms. The minimum absolute atomic E-state index is 0.582. The number of thioether (sulfide) groups is 1. The van der Waals surface area contributed by atoms with Crippen molar-refractivity contribution in [2.75, 3.05) is 25.1 Å². The zero-order valence-corrected chi connectivity index (χ0v) is 10.5. The van der Waals surface area contributed by atoms with Gasteiger partial charge in [0.1, 0.15) is 0 Å². The Bertz CT molecular complexity index is 155. The molecule has 2 atom stereocenters. The minimum Gasteiger partial charge on any atom is -0.329 e. The zero-order valence-electron chi connectivity index (χ0n) is 9.70. The van der Waals surface area contributed by atoms with Crippen LogP contribution in [0.3, 0.4) is 0 Å². The average molecular weight is 216 g/mol. The molecule has 2 N–H and O–H groups in total. The first kappa shape index (κ1) is 12.3. The molecular formula is C11H24N2S. The first-order chi connectivity index (χ1) is 6.65. The summed E-state index contributed by atoms with van der Waals surface area (Å²) in [6, 6.07) is 1.35. The first-order valence-corrected chi connectivity index (χ1v) is 6.80. The molecule has 0 aromatic rings. The third-order valence-corrected chi connectivity index (χ3v) is 4.22. The van der Waals surface area contributed by atoms with E-state index < -0.39 is 0 Å². The lowest BCUT2D eigenvalue weighted by Gasteiger charge is -2.33. The summed E-state index contributed by atoms with van der Waals surface area (Å²) in [6.07, 6.45) is 2.57. The molecule has 2 nitrogen and oxygen atoms in total. The summed E-state index contributed by atoms with van der Waals surface area (Å²) in [4.78, 5) is 2.51. The number of likely N-dealkylation sites (N-methyl/N-ethyl adjacent to an activating group) is 1. The Hall–Kier alpha value is 0.270. The fourth-order valence-corrected chi connectivity index (χ4v) is 3.39. The smallest absolute Gasteiger partial charge is 0.0221 e. The van der Waals surface area contributed by atoms with Crippen LogP contribution in [0.25, 0.3) is 0 Å². The van der Waals surface area contributed by atoms with Gasteiger partial charge in [-0.05, 0) is 31.6 Å². The highest BCUT2D eigenvalue weighted by Gasteiger charge is 2.25. The van der Waals surface area contributed by atoms with Crippen LogP contribution in [0.5, 0.6) is 0 Å². The summed E-state index contributed by atoms with van der Waals surface area (Å²) >= 11 is 2.07. The van der Waals surface area contributed by atoms with Crippen molar-refractivity contribution in [3.63, 3.8) is 0 Å². The van der Waals surface area contributed by atoms with Crippen molar-refractivity contribution in [3.05, 3.63) is 0 Å². The van der Waals surface area contributed by atoms with Crippen LogP contribution in [-0.4, -0.2) is 42.1 Å². The monoisotopic (exact) mass is 216 g/mol. The van der Waals surface area contributed by atoms with Crippen molar-refractivity contribution in [1.29, 1.82) is 0 Å². The maximum atomic E-state index is 5.84. The molecular weight excluding hydrogens is 192 g/mol. The molecule has 14 heavy (non-hydrogen) atoms. The fraction of sp³-hybridized carbons (Fsp3) is 1.00. The maximum Gasteiger partial charge on any atom is 0.0221 e. The lowest BCUT2D eigenvalue weighted by molar-refractivity contribution is 0.170. The summed E-state index contributed by atoms with van der Waals surface area (Å²) in [7, 11) is 2.25. The average Bonchev–Trinajstić information content (AvgIpc) is 2.65. The molecule has 0 bridgehead atoms. The predicted molar refractivity (Wildman–Crippen MR) is 65.8 cm³/mol.